The summed E-state index contributed by atoms with van der Waals surface area (Å²) in [5.74, 6) is -1.84. The smallest absolute Gasteiger partial charge is 0.305 e. The number of phenolic OH excluding ortho intramolecular Hbond substituents is 1. The van der Waals surface area contributed by atoms with Gasteiger partial charge in [-0.1, -0.05) is 35.7 Å². The summed E-state index contributed by atoms with van der Waals surface area (Å²) in [5, 5.41) is 27.8. The number of carboxylic acids is 1. The van der Waals surface area contributed by atoms with Crippen LogP contribution in [0.4, 0.5) is 5.69 Å². The second-order valence-corrected chi connectivity index (χ2v) is 8.91. The van der Waals surface area contributed by atoms with Gasteiger partial charge in [-0.2, -0.15) is 0 Å². The number of hydrogen-bond acceptors (Lipinski definition) is 6. The van der Waals surface area contributed by atoms with Gasteiger partial charge in [-0.15, -0.1) is 0 Å². The van der Waals surface area contributed by atoms with Crippen LogP contribution in [0.5, 0.6) is 5.75 Å². The largest absolute Gasteiger partial charge is 0.506 e. The van der Waals surface area contributed by atoms with Gasteiger partial charge in [-0.05, 0) is 43.2 Å². The predicted octanol–water partition coefficient (Wildman–Crippen LogP) is 4.15. The molecule has 0 aromatic heterocycles. The Balaban J connectivity index is 1.62. The van der Waals surface area contributed by atoms with Crippen LogP contribution in [0.3, 0.4) is 0 Å². The van der Waals surface area contributed by atoms with Crippen molar-refractivity contribution in [3.63, 3.8) is 0 Å². The van der Waals surface area contributed by atoms with Gasteiger partial charge < -0.3 is 26.2 Å². The zero-order chi connectivity index (χ0) is 25.4. The maximum absolute atomic E-state index is 12.6. The first-order valence-electron chi connectivity index (χ1n) is 11.1. The van der Waals surface area contributed by atoms with E-state index in [0.717, 1.165) is 43.8 Å². The van der Waals surface area contributed by atoms with E-state index >= 15 is 0 Å². The SMILES string of the molecule is O=C(O)CC(NC(=O)CNC(=O)c1cccc(NC2=NCCCCC2)c1)c1cc(Cl)cc(Cl)c1O. The van der Waals surface area contributed by atoms with Crippen LogP contribution in [0.15, 0.2) is 41.4 Å². The zero-order valence-corrected chi connectivity index (χ0v) is 20.3. The highest BCUT2D eigenvalue weighted by molar-refractivity contribution is 6.35. The van der Waals surface area contributed by atoms with Crippen LogP contribution in [0.25, 0.3) is 0 Å². The summed E-state index contributed by atoms with van der Waals surface area (Å²) < 4.78 is 0. The molecule has 0 fully saturated rings. The van der Waals surface area contributed by atoms with E-state index in [4.69, 9.17) is 23.2 Å². The Kier molecular flexibility index (Phi) is 9.33. The molecule has 0 radical (unpaired) electrons. The van der Waals surface area contributed by atoms with Crippen molar-refractivity contribution >= 4 is 52.5 Å². The molecule has 1 aliphatic rings. The highest BCUT2D eigenvalue weighted by Gasteiger charge is 2.23. The summed E-state index contributed by atoms with van der Waals surface area (Å²) in [6.07, 6.45) is 3.58. The third kappa shape index (κ3) is 7.87. The quantitative estimate of drug-likeness (QED) is 0.354. The summed E-state index contributed by atoms with van der Waals surface area (Å²) >= 11 is 11.9. The van der Waals surface area contributed by atoms with Gasteiger partial charge in [0.25, 0.3) is 5.91 Å². The number of benzene rings is 2. The Morgan fingerprint density at radius 1 is 1.09 bits per heavy atom. The van der Waals surface area contributed by atoms with E-state index in [2.05, 4.69) is 20.9 Å². The molecule has 0 saturated carbocycles. The third-order valence-corrected chi connectivity index (χ3v) is 5.85. The van der Waals surface area contributed by atoms with E-state index in [1.165, 1.54) is 12.1 Å². The second kappa shape index (κ2) is 12.4. The lowest BCUT2D eigenvalue weighted by atomic mass is 10.0. The van der Waals surface area contributed by atoms with Crippen LogP contribution >= 0.6 is 23.2 Å². The van der Waals surface area contributed by atoms with Gasteiger partial charge in [-0.25, -0.2) is 0 Å². The number of rotatable bonds is 8. The van der Waals surface area contributed by atoms with Gasteiger partial charge in [0.15, 0.2) is 0 Å². The van der Waals surface area contributed by atoms with E-state index in [0.29, 0.717) is 5.56 Å². The lowest BCUT2D eigenvalue weighted by Crippen LogP contribution is -2.39. The molecule has 1 heterocycles. The van der Waals surface area contributed by atoms with Gasteiger partial charge in [0.05, 0.1) is 24.0 Å². The van der Waals surface area contributed by atoms with Crippen molar-refractivity contribution in [3.05, 3.63) is 57.6 Å². The number of carbonyl (C=O) groups is 3. The van der Waals surface area contributed by atoms with Crippen LogP contribution in [0.2, 0.25) is 10.0 Å². The minimum absolute atomic E-state index is 0.0600. The normalized spacial score (nSPS) is 14.3. The molecule has 0 saturated heterocycles. The monoisotopic (exact) mass is 520 g/mol. The summed E-state index contributed by atoms with van der Waals surface area (Å²) in [4.78, 5) is 40.9. The Bertz CT molecular complexity index is 1140. The average Bonchev–Trinajstić information content (AvgIpc) is 3.08. The van der Waals surface area contributed by atoms with Crippen molar-refractivity contribution in [1.29, 1.82) is 0 Å². The number of amidine groups is 1. The fraction of sp³-hybridized carbons (Fsp3) is 0.333. The third-order valence-electron chi connectivity index (χ3n) is 5.34. The highest BCUT2D eigenvalue weighted by Crippen LogP contribution is 2.36. The number of anilines is 1. The number of carbonyl (C=O) groups excluding carboxylic acids is 2. The first kappa shape index (κ1) is 26.3. The molecule has 3 rings (SSSR count). The van der Waals surface area contributed by atoms with Gasteiger partial charge >= 0.3 is 5.97 Å². The molecule has 0 spiro atoms. The Morgan fingerprint density at radius 3 is 2.66 bits per heavy atom. The Labute approximate surface area is 212 Å². The number of aliphatic carboxylic acids is 1. The summed E-state index contributed by atoms with van der Waals surface area (Å²) in [5.41, 5.74) is 1.13. The van der Waals surface area contributed by atoms with Gasteiger partial charge in [0.1, 0.15) is 11.6 Å². The molecular weight excluding hydrogens is 495 g/mol. The molecule has 2 aromatic rings. The van der Waals surface area contributed by atoms with Gasteiger partial charge in [-0.3, -0.25) is 19.4 Å². The standard InChI is InChI=1S/C24H26Cl2N4O5/c25-15-10-17(23(34)18(26)11-15)19(12-22(32)33)30-21(31)13-28-24(35)14-5-4-6-16(9-14)29-20-7-2-1-3-8-27-20/h4-6,9-11,19,34H,1-3,7-8,12-13H2,(H,27,29)(H,28,35)(H,30,31)(H,32,33). The number of aliphatic imine (C=N–C) groups is 1. The first-order valence-corrected chi connectivity index (χ1v) is 11.9. The molecular formula is C24H26Cl2N4O5. The Morgan fingerprint density at radius 2 is 1.89 bits per heavy atom. The fourth-order valence-electron chi connectivity index (χ4n) is 3.65. The molecule has 5 N–H and O–H groups in total. The molecule has 0 aliphatic carbocycles. The van der Waals surface area contributed by atoms with E-state index in [-0.39, 0.29) is 21.4 Å². The molecule has 2 aromatic carbocycles. The van der Waals surface area contributed by atoms with E-state index in [9.17, 15) is 24.6 Å². The van der Waals surface area contributed by atoms with Crippen LogP contribution < -0.4 is 16.0 Å². The molecule has 1 unspecified atom stereocenters. The maximum Gasteiger partial charge on any atom is 0.305 e. The molecule has 1 aliphatic heterocycles. The van der Waals surface area contributed by atoms with Crippen molar-refractivity contribution in [3.8, 4) is 5.75 Å². The molecule has 0 bridgehead atoms. The molecule has 2 amide bonds. The van der Waals surface area contributed by atoms with E-state index < -0.39 is 36.8 Å². The van der Waals surface area contributed by atoms with Crippen LogP contribution in [0.1, 0.15) is 54.1 Å². The maximum atomic E-state index is 12.6. The fourth-order valence-corrected chi connectivity index (χ4v) is 4.16. The number of halogens is 2. The lowest BCUT2D eigenvalue weighted by molar-refractivity contribution is -0.137. The average molecular weight is 521 g/mol. The predicted molar refractivity (Wildman–Crippen MR) is 134 cm³/mol. The summed E-state index contributed by atoms with van der Waals surface area (Å²) in [6.45, 7) is 0.369. The molecule has 35 heavy (non-hydrogen) atoms. The minimum atomic E-state index is -1.21. The van der Waals surface area contributed by atoms with E-state index in [1.54, 1.807) is 18.2 Å². The topological polar surface area (TPSA) is 140 Å². The summed E-state index contributed by atoms with van der Waals surface area (Å²) in [6, 6.07) is 8.35. The first-order chi connectivity index (χ1) is 16.7. The van der Waals surface area contributed by atoms with Crippen molar-refractivity contribution in [1.82, 2.24) is 10.6 Å². The number of amides is 2. The van der Waals surface area contributed by atoms with Crippen LogP contribution in [-0.2, 0) is 9.59 Å². The van der Waals surface area contributed by atoms with Crippen molar-refractivity contribution < 1.29 is 24.6 Å². The van der Waals surface area contributed by atoms with Crippen LogP contribution in [-0.4, -0.2) is 46.9 Å². The number of nitrogens with zero attached hydrogens (tertiary/aromatic N) is 1. The second-order valence-electron chi connectivity index (χ2n) is 8.07. The zero-order valence-electron chi connectivity index (χ0n) is 18.8. The molecule has 9 nitrogen and oxygen atoms in total. The van der Waals surface area contributed by atoms with Crippen molar-refractivity contribution in [2.75, 3.05) is 18.4 Å². The number of hydrogen-bond donors (Lipinski definition) is 5. The van der Waals surface area contributed by atoms with Gasteiger partial charge in [0, 0.05) is 34.8 Å². The van der Waals surface area contributed by atoms with Crippen molar-refractivity contribution in [2.24, 2.45) is 4.99 Å². The lowest BCUT2D eigenvalue weighted by Gasteiger charge is -2.19. The molecule has 11 heteroatoms. The summed E-state index contributed by atoms with van der Waals surface area (Å²) in [7, 11) is 0. The van der Waals surface area contributed by atoms with Gasteiger partial charge in [0.2, 0.25) is 5.91 Å². The number of phenols is 1. The van der Waals surface area contributed by atoms with Crippen molar-refractivity contribution in [2.45, 2.75) is 38.1 Å². The highest BCUT2D eigenvalue weighted by atomic mass is 35.5. The Hall–Kier alpha value is -3.30. The number of aromatic hydroxyl groups is 1. The molecule has 186 valence electrons. The molecule has 1 atom stereocenters. The number of nitrogens with one attached hydrogen (secondary N) is 3. The minimum Gasteiger partial charge on any atom is -0.506 e. The van der Waals surface area contributed by atoms with Crippen LogP contribution in [0, 0.1) is 0 Å². The number of carboxylic acid groups (broad SMARTS) is 1. The van der Waals surface area contributed by atoms with E-state index in [1.807, 2.05) is 6.07 Å².